The number of hydrogen-bond acceptors (Lipinski definition) is 2. The molecule has 1 rings (SSSR count). The molecule has 1 aromatic rings. The fourth-order valence-corrected chi connectivity index (χ4v) is 1.26. The zero-order valence-electron chi connectivity index (χ0n) is 8.33. The molecule has 0 aromatic carbocycles. The minimum absolute atomic E-state index is 0.122. The van der Waals surface area contributed by atoms with Gasteiger partial charge in [0.1, 0.15) is 5.82 Å². The lowest BCUT2D eigenvalue weighted by Gasteiger charge is -2.16. The van der Waals surface area contributed by atoms with Gasteiger partial charge in [0.2, 0.25) is 0 Å². The highest BCUT2D eigenvalue weighted by Crippen LogP contribution is 2.09. The smallest absolute Gasteiger partial charge is 0.281 e. The van der Waals surface area contributed by atoms with Gasteiger partial charge >= 0.3 is 5.69 Å². The predicted molar refractivity (Wildman–Crippen MR) is 52.0 cm³/mol. The monoisotopic (exact) mass is 203 g/mol. The molecular formula is C8H14ClN3O. The van der Waals surface area contributed by atoms with E-state index >= 15 is 0 Å². The van der Waals surface area contributed by atoms with Crippen molar-refractivity contribution in [3.05, 3.63) is 16.3 Å². The lowest BCUT2D eigenvalue weighted by molar-refractivity contribution is 0.340. The molecule has 0 saturated carbocycles. The van der Waals surface area contributed by atoms with Crippen LogP contribution in [0, 0.1) is 0 Å². The molecule has 0 aliphatic heterocycles. The summed E-state index contributed by atoms with van der Waals surface area (Å²) in [7, 11) is 1.68. The average Bonchev–Trinajstić information content (AvgIpc) is 2.28. The molecule has 1 heterocycles. The first-order valence-corrected chi connectivity index (χ1v) is 4.62. The SMILES string of the molecule is Cn1c(CCl)nn(C(C)(C)C)c1=O. The molecular weight excluding hydrogens is 190 g/mol. The van der Waals surface area contributed by atoms with Gasteiger partial charge in [0, 0.05) is 7.05 Å². The van der Waals surface area contributed by atoms with Crippen molar-refractivity contribution in [3.8, 4) is 0 Å². The van der Waals surface area contributed by atoms with E-state index in [-0.39, 0.29) is 17.1 Å². The first kappa shape index (κ1) is 10.3. The third-order valence-electron chi connectivity index (χ3n) is 1.83. The van der Waals surface area contributed by atoms with E-state index in [2.05, 4.69) is 5.10 Å². The van der Waals surface area contributed by atoms with Crippen LogP contribution in [0.4, 0.5) is 0 Å². The Morgan fingerprint density at radius 2 is 2.00 bits per heavy atom. The summed E-state index contributed by atoms with van der Waals surface area (Å²) in [5.74, 6) is 0.857. The molecule has 0 unspecified atom stereocenters. The van der Waals surface area contributed by atoms with Crippen LogP contribution in [0.25, 0.3) is 0 Å². The van der Waals surface area contributed by atoms with Crippen molar-refractivity contribution in [2.75, 3.05) is 0 Å². The van der Waals surface area contributed by atoms with Gasteiger partial charge in [0.05, 0.1) is 11.4 Å². The van der Waals surface area contributed by atoms with Crippen LogP contribution in [0.1, 0.15) is 26.6 Å². The Hall–Kier alpha value is -0.770. The second-order valence-corrected chi connectivity index (χ2v) is 4.24. The van der Waals surface area contributed by atoms with Crippen LogP contribution < -0.4 is 5.69 Å². The van der Waals surface area contributed by atoms with Crippen molar-refractivity contribution < 1.29 is 0 Å². The van der Waals surface area contributed by atoms with E-state index < -0.39 is 0 Å². The lowest BCUT2D eigenvalue weighted by Crippen LogP contribution is -2.35. The number of aromatic nitrogens is 3. The zero-order valence-corrected chi connectivity index (χ0v) is 9.09. The fraction of sp³-hybridized carbons (Fsp3) is 0.750. The van der Waals surface area contributed by atoms with Crippen LogP contribution in [0.5, 0.6) is 0 Å². The van der Waals surface area contributed by atoms with E-state index in [0.717, 1.165) is 0 Å². The molecule has 0 radical (unpaired) electrons. The summed E-state index contributed by atoms with van der Waals surface area (Å²) >= 11 is 5.63. The number of alkyl halides is 1. The largest absolute Gasteiger partial charge is 0.346 e. The first-order chi connectivity index (χ1) is 5.88. The van der Waals surface area contributed by atoms with Gasteiger partial charge in [-0.1, -0.05) is 0 Å². The number of nitrogens with zero attached hydrogens (tertiary/aromatic N) is 3. The van der Waals surface area contributed by atoms with Crippen LogP contribution in [-0.2, 0) is 18.5 Å². The molecule has 0 N–H and O–H groups in total. The van der Waals surface area contributed by atoms with Crippen LogP contribution >= 0.6 is 11.6 Å². The van der Waals surface area contributed by atoms with Crippen molar-refractivity contribution in [3.63, 3.8) is 0 Å². The normalized spacial score (nSPS) is 12.1. The molecule has 0 amide bonds. The standard InChI is InChI=1S/C8H14ClN3O/c1-8(2,3)12-7(13)11(4)6(5-9)10-12/h5H2,1-4H3. The second kappa shape index (κ2) is 3.18. The Balaban J connectivity index is 3.34. The molecule has 4 nitrogen and oxygen atoms in total. The first-order valence-electron chi connectivity index (χ1n) is 4.09. The van der Waals surface area contributed by atoms with Crippen molar-refractivity contribution >= 4 is 11.6 Å². The summed E-state index contributed by atoms with van der Waals surface area (Å²) < 4.78 is 2.92. The lowest BCUT2D eigenvalue weighted by atomic mass is 10.1. The Bertz CT molecular complexity index is 358. The maximum absolute atomic E-state index is 11.6. The van der Waals surface area contributed by atoms with Gasteiger partial charge in [-0.05, 0) is 20.8 Å². The Morgan fingerprint density at radius 3 is 2.23 bits per heavy atom. The van der Waals surface area contributed by atoms with Crippen LogP contribution in [0.2, 0.25) is 0 Å². The van der Waals surface area contributed by atoms with Crippen molar-refractivity contribution in [1.29, 1.82) is 0 Å². The molecule has 0 atom stereocenters. The van der Waals surface area contributed by atoms with Gasteiger partial charge in [-0.3, -0.25) is 4.57 Å². The molecule has 0 spiro atoms. The number of hydrogen-bond donors (Lipinski definition) is 0. The van der Waals surface area contributed by atoms with E-state index in [0.29, 0.717) is 5.82 Å². The van der Waals surface area contributed by atoms with E-state index in [1.54, 1.807) is 7.05 Å². The molecule has 0 aliphatic rings. The molecule has 74 valence electrons. The van der Waals surface area contributed by atoms with E-state index in [4.69, 9.17) is 11.6 Å². The highest BCUT2D eigenvalue weighted by atomic mass is 35.5. The highest BCUT2D eigenvalue weighted by molar-refractivity contribution is 6.16. The third kappa shape index (κ3) is 1.77. The topological polar surface area (TPSA) is 39.8 Å². The highest BCUT2D eigenvalue weighted by Gasteiger charge is 2.20. The van der Waals surface area contributed by atoms with Gasteiger partial charge in [0.15, 0.2) is 0 Å². The van der Waals surface area contributed by atoms with Crippen molar-refractivity contribution in [1.82, 2.24) is 14.3 Å². The number of halogens is 1. The minimum Gasteiger partial charge on any atom is -0.281 e. The minimum atomic E-state index is -0.293. The molecule has 0 saturated heterocycles. The van der Waals surface area contributed by atoms with Crippen LogP contribution in [0.3, 0.4) is 0 Å². The summed E-state index contributed by atoms with van der Waals surface area (Å²) in [4.78, 5) is 11.6. The zero-order chi connectivity index (χ0) is 10.2. The van der Waals surface area contributed by atoms with Gasteiger partial charge in [0.25, 0.3) is 0 Å². The van der Waals surface area contributed by atoms with Crippen molar-refractivity contribution in [2.45, 2.75) is 32.2 Å². The van der Waals surface area contributed by atoms with Gasteiger partial charge in [-0.25, -0.2) is 9.48 Å². The average molecular weight is 204 g/mol. The van der Waals surface area contributed by atoms with Gasteiger partial charge < -0.3 is 0 Å². The van der Waals surface area contributed by atoms with Crippen molar-refractivity contribution in [2.24, 2.45) is 7.05 Å². The maximum Gasteiger partial charge on any atom is 0.346 e. The third-order valence-corrected chi connectivity index (χ3v) is 2.06. The Morgan fingerprint density at radius 1 is 1.46 bits per heavy atom. The second-order valence-electron chi connectivity index (χ2n) is 3.97. The number of rotatable bonds is 1. The molecule has 5 heteroatoms. The predicted octanol–water partition coefficient (Wildman–Crippen LogP) is 1.08. The summed E-state index contributed by atoms with van der Waals surface area (Å²) in [6.07, 6.45) is 0. The molecule has 0 fully saturated rings. The Kier molecular flexibility index (Phi) is 2.52. The van der Waals surface area contributed by atoms with E-state index in [1.807, 2.05) is 20.8 Å². The summed E-state index contributed by atoms with van der Waals surface area (Å²) in [6.45, 7) is 5.79. The van der Waals surface area contributed by atoms with Gasteiger partial charge in [-0.2, -0.15) is 5.10 Å². The van der Waals surface area contributed by atoms with E-state index in [1.165, 1.54) is 9.25 Å². The summed E-state index contributed by atoms with van der Waals surface area (Å²) in [6, 6.07) is 0. The van der Waals surface area contributed by atoms with Gasteiger partial charge in [-0.15, -0.1) is 11.6 Å². The van der Waals surface area contributed by atoms with Crippen LogP contribution in [-0.4, -0.2) is 14.3 Å². The molecule has 13 heavy (non-hydrogen) atoms. The summed E-state index contributed by atoms with van der Waals surface area (Å²) in [5.41, 5.74) is -0.415. The molecule has 0 bridgehead atoms. The quantitative estimate of drug-likeness (QED) is 0.641. The van der Waals surface area contributed by atoms with E-state index in [9.17, 15) is 4.79 Å². The molecule has 1 aromatic heterocycles. The molecule has 0 aliphatic carbocycles. The van der Waals surface area contributed by atoms with Crippen LogP contribution in [0.15, 0.2) is 4.79 Å². The maximum atomic E-state index is 11.6. The summed E-state index contributed by atoms with van der Waals surface area (Å²) in [5, 5.41) is 4.13. The fourth-order valence-electron chi connectivity index (χ4n) is 1.03. The Labute approximate surface area is 82.1 Å².